The molecule has 2 N–H and O–H groups in total. The normalized spacial score (nSPS) is 15.3. The lowest BCUT2D eigenvalue weighted by molar-refractivity contribution is -0.120. The van der Waals surface area contributed by atoms with Gasteiger partial charge < -0.3 is 15.5 Å². The lowest BCUT2D eigenvalue weighted by atomic mass is 10.1. The van der Waals surface area contributed by atoms with Crippen molar-refractivity contribution in [3.8, 4) is 0 Å². The molecule has 0 aromatic heterocycles. The SMILES string of the molecule is CCNC(=O)CCc1ccccc1N1CCNCC1. The third kappa shape index (κ3) is 3.96. The molecule has 0 saturated carbocycles. The molecule has 0 spiro atoms. The monoisotopic (exact) mass is 261 g/mol. The zero-order valence-corrected chi connectivity index (χ0v) is 11.6. The average Bonchev–Trinajstić information content (AvgIpc) is 2.47. The minimum atomic E-state index is 0.137. The highest BCUT2D eigenvalue weighted by Gasteiger charge is 2.14. The molecule has 0 radical (unpaired) electrons. The van der Waals surface area contributed by atoms with Gasteiger partial charge in [-0.2, -0.15) is 0 Å². The zero-order chi connectivity index (χ0) is 13.5. The van der Waals surface area contributed by atoms with Gasteiger partial charge in [-0.05, 0) is 25.0 Å². The fourth-order valence-electron chi connectivity index (χ4n) is 2.47. The number of carbonyl (C=O) groups is 1. The maximum atomic E-state index is 11.6. The van der Waals surface area contributed by atoms with E-state index >= 15 is 0 Å². The second-order valence-corrected chi connectivity index (χ2v) is 4.82. The number of aryl methyl sites for hydroxylation is 1. The van der Waals surface area contributed by atoms with Gasteiger partial charge in [-0.15, -0.1) is 0 Å². The smallest absolute Gasteiger partial charge is 0.220 e. The highest BCUT2D eigenvalue weighted by Crippen LogP contribution is 2.22. The average molecular weight is 261 g/mol. The molecule has 19 heavy (non-hydrogen) atoms. The van der Waals surface area contributed by atoms with Gasteiger partial charge in [0, 0.05) is 44.8 Å². The van der Waals surface area contributed by atoms with Crippen molar-refractivity contribution >= 4 is 11.6 Å². The maximum absolute atomic E-state index is 11.6. The van der Waals surface area contributed by atoms with Gasteiger partial charge in [-0.3, -0.25) is 4.79 Å². The molecule has 1 fully saturated rings. The number of hydrogen-bond acceptors (Lipinski definition) is 3. The number of piperazine rings is 1. The number of carbonyl (C=O) groups excluding carboxylic acids is 1. The van der Waals surface area contributed by atoms with Crippen molar-refractivity contribution in [1.29, 1.82) is 0 Å². The van der Waals surface area contributed by atoms with E-state index in [1.807, 2.05) is 6.92 Å². The zero-order valence-electron chi connectivity index (χ0n) is 11.6. The minimum absolute atomic E-state index is 0.137. The fourth-order valence-corrected chi connectivity index (χ4v) is 2.47. The standard InChI is InChI=1S/C15H23N3O/c1-2-17-15(19)8-7-13-5-3-4-6-14(13)18-11-9-16-10-12-18/h3-6,16H,2,7-12H2,1H3,(H,17,19). The minimum Gasteiger partial charge on any atom is -0.369 e. The van der Waals surface area contributed by atoms with E-state index in [1.165, 1.54) is 11.3 Å². The van der Waals surface area contributed by atoms with Crippen molar-refractivity contribution in [1.82, 2.24) is 10.6 Å². The predicted octanol–water partition coefficient (Wildman–Crippen LogP) is 1.16. The third-order valence-electron chi connectivity index (χ3n) is 3.44. The van der Waals surface area contributed by atoms with Gasteiger partial charge in [0.05, 0.1) is 0 Å². The van der Waals surface area contributed by atoms with E-state index in [9.17, 15) is 4.79 Å². The molecule has 1 aliphatic heterocycles. The van der Waals surface area contributed by atoms with Crippen molar-refractivity contribution < 1.29 is 4.79 Å². The van der Waals surface area contributed by atoms with Crippen LogP contribution in [0.4, 0.5) is 5.69 Å². The van der Waals surface area contributed by atoms with Gasteiger partial charge in [0.2, 0.25) is 5.91 Å². The van der Waals surface area contributed by atoms with Crippen LogP contribution in [-0.2, 0) is 11.2 Å². The third-order valence-corrected chi connectivity index (χ3v) is 3.44. The van der Waals surface area contributed by atoms with Crippen LogP contribution in [0.1, 0.15) is 18.9 Å². The first-order valence-electron chi connectivity index (χ1n) is 7.11. The Hall–Kier alpha value is -1.55. The van der Waals surface area contributed by atoms with Crippen LogP contribution >= 0.6 is 0 Å². The van der Waals surface area contributed by atoms with E-state index in [0.29, 0.717) is 13.0 Å². The van der Waals surface area contributed by atoms with Gasteiger partial charge in [-0.1, -0.05) is 18.2 Å². The second kappa shape index (κ2) is 7.14. The van der Waals surface area contributed by atoms with Gasteiger partial charge in [0.25, 0.3) is 0 Å². The Labute approximate surface area is 115 Å². The number of nitrogens with one attached hydrogen (secondary N) is 2. The van der Waals surface area contributed by atoms with E-state index < -0.39 is 0 Å². The summed E-state index contributed by atoms with van der Waals surface area (Å²) in [6.45, 7) is 6.80. The molecular formula is C15H23N3O. The van der Waals surface area contributed by atoms with Gasteiger partial charge in [0.1, 0.15) is 0 Å². The molecule has 1 aromatic carbocycles. The number of benzene rings is 1. The summed E-state index contributed by atoms with van der Waals surface area (Å²) in [4.78, 5) is 14.0. The predicted molar refractivity (Wildman–Crippen MR) is 78.5 cm³/mol. The molecule has 0 atom stereocenters. The van der Waals surface area contributed by atoms with Crippen LogP contribution < -0.4 is 15.5 Å². The van der Waals surface area contributed by atoms with Crippen LogP contribution in [0.15, 0.2) is 24.3 Å². The Bertz CT molecular complexity index is 414. The van der Waals surface area contributed by atoms with E-state index in [1.54, 1.807) is 0 Å². The molecule has 104 valence electrons. The summed E-state index contributed by atoms with van der Waals surface area (Å²) in [6.07, 6.45) is 1.38. The first-order valence-corrected chi connectivity index (χ1v) is 7.11. The number of para-hydroxylation sites is 1. The van der Waals surface area contributed by atoms with Crippen molar-refractivity contribution in [3.05, 3.63) is 29.8 Å². The van der Waals surface area contributed by atoms with Crippen molar-refractivity contribution in [3.63, 3.8) is 0 Å². The lowest BCUT2D eigenvalue weighted by Gasteiger charge is -2.31. The van der Waals surface area contributed by atoms with Crippen LogP contribution in [-0.4, -0.2) is 38.6 Å². The van der Waals surface area contributed by atoms with Crippen LogP contribution in [0.5, 0.6) is 0 Å². The molecule has 1 heterocycles. The van der Waals surface area contributed by atoms with E-state index in [-0.39, 0.29) is 5.91 Å². The Morgan fingerprint density at radius 2 is 2.05 bits per heavy atom. The maximum Gasteiger partial charge on any atom is 0.220 e. The molecule has 1 aromatic rings. The summed E-state index contributed by atoms with van der Waals surface area (Å²) in [5, 5.41) is 6.22. The van der Waals surface area contributed by atoms with Crippen LogP contribution in [0.3, 0.4) is 0 Å². The molecule has 1 aliphatic rings. The summed E-state index contributed by atoms with van der Waals surface area (Å²) in [7, 11) is 0. The van der Waals surface area contributed by atoms with Gasteiger partial charge in [0.15, 0.2) is 0 Å². The van der Waals surface area contributed by atoms with E-state index in [4.69, 9.17) is 0 Å². The molecule has 1 amide bonds. The van der Waals surface area contributed by atoms with Gasteiger partial charge >= 0.3 is 0 Å². The van der Waals surface area contributed by atoms with E-state index in [0.717, 1.165) is 32.6 Å². The Morgan fingerprint density at radius 3 is 2.79 bits per heavy atom. The second-order valence-electron chi connectivity index (χ2n) is 4.82. The number of nitrogens with zero attached hydrogens (tertiary/aromatic N) is 1. The van der Waals surface area contributed by atoms with Crippen molar-refractivity contribution in [2.75, 3.05) is 37.6 Å². The van der Waals surface area contributed by atoms with Crippen molar-refractivity contribution in [2.45, 2.75) is 19.8 Å². The Kier molecular flexibility index (Phi) is 5.21. The highest BCUT2D eigenvalue weighted by molar-refractivity contribution is 5.76. The summed E-state index contributed by atoms with van der Waals surface area (Å²) in [6, 6.07) is 8.43. The topological polar surface area (TPSA) is 44.4 Å². The summed E-state index contributed by atoms with van der Waals surface area (Å²) in [5.74, 6) is 0.137. The summed E-state index contributed by atoms with van der Waals surface area (Å²) in [5.41, 5.74) is 2.56. The Morgan fingerprint density at radius 1 is 1.32 bits per heavy atom. The molecule has 0 bridgehead atoms. The first-order chi connectivity index (χ1) is 9.31. The van der Waals surface area contributed by atoms with Crippen molar-refractivity contribution in [2.24, 2.45) is 0 Å². The number of rotatable bonds is 5. The molecule has 4 nitrogen and oxygen atoms in total. The molecular weight excluding hydrogens is 238 g/mol. The number of amides is 1. The molecule has 0 aliphatic carbocycles. The van der Waals surface area contributed by atoms with Crippen LogP contribution in [0, 0.1) is 0 Å². The van der Waals surface area contributed by atoms with Crippen LogP contribution in [0.2, 0.25) is 0 Å². The Balaban J connectivity index is 2.01. The quantitative estimate of drug-likeness (QED) is 0.836. The summed E-state index contributed by atoms with van der Waals surface area (Å²) >= 11 is 0. The van der Waals surface area contributed by atoms with Crippen LogP contribution in [0.25, 0.3) is 0 Å². The molecule has 2 rings (SSSR count). The van der Waals surface area contributed by atoms with E-state index in [2.05, 4.69) is 39.8 Å². The molecule has 0 unspecified atom stereocenters. The molecule has 1 saturated heterocycles. The largest absolute Gasteiger partial charge is 0.369 e. The highest BCUT2D eigenvalue weighted by atomic mass is 16.1. The first kappa shape index (κ1) is 13.9. The fraction of sp³-hybridized carbons (Fsp3) is 0.533. The van der Waals surface area contributed by atoms with Gasteiger partial charge in [-0.25, -0.2) is 0 Å². The molecule has 4 heteroatoms. The summed E-state index contributed by atoms with van der Waals surface area (Å²) < 4.78 is 0. The number of hydrogen-bond donors (Lipinski definition) is 2. The number of anilines is 1. The lowest BCUT2D eigenvalue weighted by Crippen LogP contribution is -2.43.